The van der Waals surface area contributed by atoms with Gasteiger partial charge in [-0.15, -0.1) is 0 Å². The molecule has 0 saturated carbocycles. The van der Waals surface area contributed by atoms with Crippen LogP contribution in [-0.4, -0.2) is 76.9 Å². The molecule has 4 unspecified atom stereocenters. The molecule has 0 amide bonds. The molecule has 10 heteroatoms. The Balaban J connectivity index is 1.31. The molecule has 48 heavy (non-hydrogen) atoms. The van der Waals surface area contributed by atoms with Crippen LogP contribution in [0.4, 0.5) is 5.69 Å². The first-order valence-corrected chi connectivity index (χ1v) is 16.9. The number of likely N-dealkylation sites (tertiary alicyclic amines) is 1. The Hall–Kier alpha value is -4.12. The smallest absolute Gasteiger partial charge is 0.311 e. The summed E-state index contributed by atoms with van der Waals surface area (Å²) in [6.45, 7) is 8.21. The van der Waals surface area contributed by atoms with Gasteiger partial charge in [-0.3, -0.25) is 19.7 Å². The molecule has 5 rings (SSSR count). The maximum absolute atomic E-state index is 13.4. The van der Waals surface area contributed by atoms with Gasteiger partial charge in [-0.1, -0.05) is 79.7 Å². The molecule has 2 saturated heterocycles. The standard InChI is InChI=1S/C38H47N3O7/c1-4-37(34(42)43)27(2)39-28(3)38(35(44)45,33(37)29-12-11-17-32(26-29)41(46)47)20-24-48-25-23-40-21-18-36(19-22-40,30-13-7-5-8-14-30)31-15-9-6-10-16-31/h5-17,26-28,33,39H,4,18-25H2,1-3H3,(H,42,43)(H,44,45)/t27-,28?,33?,37?,38?/m1/s1. The van der Waals surface area contributed by atoms with Crippen LogP contribution < -0.4 is 5.32 Å². The van der Waals surface area contributed by atoms with Crippen LogP contribution in [-0.2, 0) is 19.7 Å². The molecule has 5 atom stereocenters. The summed E-state index contributed by atoms with van der Waals surface area (Å²) in [7, 11) is 0. The van der Waals surface area contributed by atoms with Crippen LogP contribution in [0.1, 0.15) is 69.1 Å². The summed E-state index contributed by atoms with van der Waals surface area (Å²) in [5.74, 6) is -3.33. The van der Waals surface area contributed by atoms with Crippen molar-refractivity contribution in [1.82, 2.24) is 10.2 Å². The molecule has 256 valence electrons. The molecule has 2 heterocycles. The summed E-state index contributed by atoms with van der Waals surface area (Å²) in [5.41, 5.74) is -0.430. The minimum Gasteiger partial charge on any atom is -0.481 e. The van der Waals surface area contributed by atoms with E-state index in [1.807, 2.05) is 12.1 Å². The molecule has 3 aromatic rings. The van der Waals surface area contributed by atoms with E-state index in [0.29, 0.717) is 18.7 Å². The number of nitrogens with one attached hydrogen (secondary N) is 1. The zero-order valence-corrected chi connectivity index (χ0v) is 28.0. The van der Waals surface area contributed by atoms with Gasteiger partial charge in [0.15, 0.2) is 0 Å². The molecule has 3 aromatic carbocycles. The van der Waals surface area contributed by atoms with Crippen LogP contribution in [0.2, 0.25) is 0 Å². The van der Waals surface area contributed by atoms with Crippen molar-refractivity contribution in [1.29, 1.82) is 0 Å². The van der Waals surface area contributed by atoms with Gasteiger partial charge in [-0.05, 0) is 69.3 Å². The Morgan fingerprint density at radius 3 is 1.96 bits per heavy atom. The van der Waals surface area contributed by atoms with Crippen molar-refractivity contribution >= 4 is 17.6 Å². The van der Waals surface area contributed by atoms with Gasteiger partial charge in [0, 0.05) is 48.7 Å². The summed E-state index contributed by atoms with van der Waals surface area (Å²) < 4.78 is 6.13. The van der Waals surface area contributed by atoms with Crippen molar-refractivity contribution in [2.24, 2.45) is 10.8 Å². The molecule has 3 N–H and O–H groups in total. The zero-order chi connectivity index (χ0) is 34.5. The highest BCUT2D eigenvalue weighted by Crippen LogP contribution is 2.58. The van der Waals surface area contributed by atoms with E-state index >= 15 is 0 Å². The van der Waals surface area contributed by atoms with Crippen LogP contribution >= 0.6 is 0 Å². The van der Waals surface area contributed by atoms with E-state index in [-0.39, 0.29) is 30.6 Å². The molecular weight excluding hydrogens is 610 g/mol. The highest BCUT2D eigenvalue weighted by Gasteiger charge is 2.66. The Morgan fingerprint density at radius 2 is 1.44 bits per heavy atom. The SMILES string of the molecule is CCC1(C(=O)O)C(c2cccc([N+](=O)[O-])c2)C(CCOCCN2CCC(c3ccccc3)(c3ccccc3)CC2)(C(=O)O)C(C)N[C@@H]1C. The molecule has 2 fully saturated rings. The quantitative estimate of drug-likeness (QED) is 0.113. The maximum Gasteiger partial charge on any atom is 0.311 e. The second-order valence-corrected chi connectivity index (χ2v) is 13.5. The lowest BCUT2D eigenvalue weighted by Gasteiger charge is -2.57. The first kappa shape index (κ1) is 35.2. The number of ether oxygens (including phenoxy) is 1. The number of carbonyl (C=O) groups is 2. The molecule has 0 aliphatic carbocycles. The van der Waals surface area contributed by atoms with Gasteiger partial charge in [0.05, 0.1) is 22.4 Å². The number of hydrogen-bond acceptors (Lipinski definition) is 7. The number of nitrogens with zero attached hydrogens (tertiary/aromatic N) is 2. The fourth-order valence-electron chi connectivity index (χ4n) is 8.74. The third-order valence-electron chi connectivity index (χ3n) is 11.4. The number of non-ortho nitro benzene ring substituents is 1. The largest absolute Gasteiger partial charge is 0.481 e. The average molecular weight is 658 g/mol. The van der Waals surface area contributed by atoms with Crippen LogP contribution in [0.25, 0.3) is 0 Å². The Bertz CT molecular complexity index is 1540. The molecule has 2 aliphatic heterocycles. The molecule has 2 aliphatic rings. The minimum absolute atomic E-state index is 0.0384. The zero-order valence-electron chi connectivity index (χ0n) is 28.0. The van der Waals surface area contributed by atoms with E-state index in [9.17, 15) is 29.9 Å². The van der Waals surface area contributed by atoms with E-state index in [1.165, 1.54) is 29.3 Å². The lowest BCUT2D eigenvalue weighted by molar-refractivity contribution is -0.385. The number of benzene rings is 3. The van der Waals surface area contributed by atoms with Crippen molar-refractivity contribution in [2.45, 2.75) is 69.9 Å². The fraction of sp³-hybridized carbons (Fsp3) is 0.474. The number of hydrogen-bond donors (Lipinski definition) is 3. The summed E-state index contributed by atoms with van der Waals surface area (Å²) in [6, 6.07) is 25.9. The minimum atomic E-state index is -1.60. The number of carboxylic acids is 2. The van der Waals surface area contributed by atoms with Crippen molar-refractivity contribution in [3.05, 3.63) is 112 Å². The Kier molecular flexibility index (Phi) is 10.7. The molecular formula is C38H47N3O7. The van der Waals surface area contributed by atoms with E-state index in [1.54, 1.807) is 26.8 Å². The fourth-order valence-corrected chi connectivity index (χ4v) is 8.74. The van der Waals surface area contributed by atoms with E-state index in [2.05, 4.69) is 58.7 Å². The number of rotatable bonds is 13. The monoisotopic (exact) mass is 657 g/mol. The number of nitro groups is 1. The third-order valence-corrected chi connectivity index (χ3v) is 11.4. The van der Waals surface area contributed by atoms with Gasteiger partial charge in [-0.25, -0.2) is 0 Å². The van der Waals surface area contributed by atoms with Crippen molar-refractivity contribution < 1.29 is 29.5 Å². The number of aliphatic carboxylic acids is 2. The highest BCUT2D eigenvalue weighted by atomic mass is 16.6. The van der Waals surface area contributed by atoms with Crippen molar-refractivity contribution in [3.8, 4) is 0 Å². The average Bonchev–Trinajstić information content (AvgIpc) is 3.09. The number of nitro benzene ring substituents is 1. The van der Waals surface area contributed by atoms with Crippen LogP contribution in [0.3, 0.4) is 0 Å². The Labute approximate surface area is 282 Å². The highest BCUT2D eigenvalue weighted by molar-refractivity contribution is 5.84. The van der Waals surface area contributed by atoms with Crippen molar-refractivity contribution in [3.63, 3.8) is 0 Å². The van der Waals surface area contributed by atoms with E-state index < -0.39 is 45.7 Å². The molecule has 0 spiro atoms. The summed E-state index contributed by atoms with van der Waals surface area (Å²) in [6.07, 6.45) is 2.10. The Morgan fingerprint density at radius 1 is 0.875 bits per heavy atom. The molecule has 0 radical (unpaired) electrons. The van der Waals surface area contributed by atoms with Crippen molar-refractivity contribution in [2.75, 3.05) is 32.8 Å². The summed E-state index contributed by atoms with van der Waals surface area (Å²) in [4.78, 5) is 40.1. The van der Waals surface area contributed by atoms with Crippen LogP contribution in [0.15, 0.2) is 84.9 Å². The van der Waals surface area contributed by atoms with Crippen LogP contribution in [0.5, 0.6) is 0 Å². The third kappa shape index (κ3) is 6.24. The predicted octanol–water partition coefficient (Wildman–Crippen LogP) is 6.10. The normalized spacial score (nSPS) is 27.3. The van der Waals surface area contributed by atoms with Gasteiger partial charge in [0.2, 0.25) is 0 Å². The van der Waals surface area contributed by atoms with Gasteiger partial charge < -0.3 is 25.2 Å². The first-order valence-electron chi connectivity index (χ1n) is 16.9. The lowest BCUT2D eigenvalue weighted by atomic mass is 9.50. The van der Waals surface area contributed by atoms with E-state index in [0.717, 1.165) is 25.9 Å². The molecule has 0 aromatic heterocycles. The second-order valence-electron chi connectivity index (χ2n) is 13.5. The summed E-state index contributed by atoms with van der Waals surface area (Å²) in [5, 5.41) is 36.6. The number of piperidine rings is 2. The molecule has 10 nitrogen and oxygen atoms in total. The van der Waals surface area contributed by atoms with Gasteiger partial charge in [-0.2, -0.15) is 0 Å². The lowest BCUT2D eigenvalue weighted by Crippen LogP contribution is -2.69. The van der Waals surface area contributed by atoms with Gasteiger partial charge in [0.25, 0.3) is 5.69 Å². The van der Waals surface area contributed by atoms with Gasteiger partial charge >= 0.3 is 11.9 Å². The number of carboxylic acid groups (broad SMARTS) is 2. The second kappa shape index (κ2) is 14.6. The first-order chi connectivity index (χ1) is 23.0. The molecule has 0 bridgehead atoms. The van der Waals surface area contributed by atoms with Crippen LogP contribution in [0, 0.1) is 20.9 Å². The predicted molar refractivity (Wildman–Crippen MR) is 183 cm³/mol. The summed E-state index contributed by atoms with van der Waals surface area (Å²) >= 11 is 0. The topological polar surface area (TPSA) is 142 Å². The van der Waals surface area contributed by atoms with E-state index in [4.69, 9.17) is 4.74 Å². The van der Waals surface area contributed by atoms with Gasteiger partial charge in [0.1, 0.15) is 0 Å². The maximum atomic E-state index is 13.4.